The van der Waals surface area contributed by atoms with Crippen molar-refractivity contribution in [3.05, 3.63) is 77.6 Å². The molecule has 4 nitrogen and oxygen atoms in total. The van der Waals surface area contributed by atoms with Crippen molar-refractivity contribution in [3.63, 3.8) is 0 Å². The van der Waals surface area contributed by atoms with Crippen LogP contribution in [0.2, 0.25) is 5.02 Å². The van der Waals surface area contributed by atoms with Crippen LogP contribution >= 0.6 is 35.8 Å². The number of para-hydroxylation sites is 1. The van der Waals surface area contributed by atoms with E-state index in [-0.39, 0.29) is 12.4 Å². The summed E-state index contributed by atoms with van der Waals surface area (Å²) in [5.74, 6) is 0. The standard InChI is InChI=1S/C17H19ClN2S.C6H8N2.ClH/c1-19(2)10-5-11-20-14-6-3-4-7-16(14)21-17-9-8-13(18)12-15(17)20;7-5-6-3-1-2-4-8-6;/h3-4,6-9,12H,5,10-11H2,1-2H3;1-4H,5,7H2;1H. The Labute approximate surface area is 194 Å². The lowest BCUT2D eigenvalue weighted by Crippen LogP contribution is -2.25. The van der Waals surface area contributed by atoms with E-state index in [2.05, 4.69) is 65.3 Å². The third-order valence-electron chi connectivity index (χ3n) is 4.51. The van der Waals surface area contributed by atoms with Crippen LogP contribution < -0.4 is 10.6 Å². The molecule has 3 aromatic rings. The molecule has 0 saturated heterocycles. The van der Waals surface area contributed by atoms with Crippen LogP contribution in [-0.2, 0) is 6.54 Å². The van der Waals surface area contributed by atoms with Crippen LogP contribution in [0.5, 0.6) is 0 Å². The van der Waals surface area contributed by atoms with Crippen molar-refractivity contribution in [2.45, 2.75) is 22.8 Å². The third-order valence-corrected chi connectivity index (χ3v) is 5.88. The Kier molecular flexibility index (Phi) is 9.95. The van der Waals surface area contributed by atoms with Crippen LogP contribution in [0, 0.1) is 0 Å². The van der Waals surface area contributed by atoms with Gasteiger partial charge in [-0.15, -0.1) is 12.4 Å². The van der Waals surface area contributed by atoms with Gasteiger partial charge in [0, 0.05) is 34.1 Å². The lowest BCUT2D eigenvalue weighted by Gasteiger charge is -2.33. The van der Waals surface area contributed by atoms with Gasteiger partial charge < -0.3 is 15.5 Å². The van der Waals surface area contributed by atoms with Gasteiger partial charge in [0.1, 0.15) is 0 Å². The average molecular weight is 463 g/mol. The minimum absolute atomic E-state index is 0. The quantitative estimate of drug-likeness (QED) is 0.514. The molecule has 0 aliphatic carbocycles. The molecule has 2 aromatic carbocycles. The van der Waals surface area contributed by atoms with Gasteiger partial charge in [-0.05, 0) is 69.5 Å². The number of benzene rings is 2. The zero-order valence-electron chi connectivity index (χ0n) is 17.3. The molecule has 1 aliphatic rings. The summed E-state index contributed by atoms with van der Waals surface area (Å²) >= 11 is 8.03. The van der Waals surface area contributed by atoms with Crippen LogP contribution in [0.1, 0.15) is 12.1 Å². The maximum atomic E-state index is 6.21. The van der Waals surface area contributed by atoms with Crippen LogP contribution in [0.4, 0.5) is 11.4 Å². The van der Waals surface area contributed by atoms with E-state index in [1.165, 1.54) is 21.2 Å². The first kappa shape index (κ1) is 24.5. The number of nitrogens with two attached hydrogens (primary N) is 1. The molecule has 4 rings (SSSR count). The number of nitrogens with zero attached hydrogens (tertiary/aromatic N) is 3. The van der Waals surface area contributed by atoms with Gasteiger partial charge >= 0.3 is 0 Å². The second-order valence-electron chi connectivity index (χ2n) is 7.02. The number of pyridine rings is 1. The topological polar surface area (TPSA) is 45.4 Å². The summed E-state index contributed by atoms with van der Waals surface area (Å²) in [5, 5.41) is 0.798. The lowest BCUT2D eigenvalue weighted by atomic mass is 10.2. The second kappa shape index (κ2) is 12.2. The van der Waals surface area contributed by atoms with Crippen molar-refractivity contribution in [3.8, 4) is 0 Å². The summed E-state index contributed by atoms with van der Waals surface area (Å²) in [7, 11) is 4.23. The zero-order valence-corrected chi connectivity index (χ0v) is 19.7. The van der Waals surface area contributed by atoms with E-state index in [9.17, 15) is 0 Å². The normalized spacial score (nSPS) is 11.7. The van der Waals surface area contributed by atoms with Gasteiger partial charge in [0.05, 0.1) is 17.1 Å². The number of fused-ring (bicyclic) bond motifs is 2. The first-order valence-corrected chi connectivity index (χ1v) is 10.9. The van der Waals surface area contributed by atoms with Gasteiger partial charge in [-0.1, -0.05) is 41.6 Å². The van der Waals surface area contributed by atoms with E-state index < -0.39 is 0 Å². The molecule has 0 unspecified atom stereocenters. The Morgan fingerprint density at radius 3 is 2.40 bits per heavy atom. The Balaban J connectivity index is 0.000000302. The van der Waals surface area contributed by atoms with Gasteiger partial charge in [0.2, 0.25) is 0 Å². The van der Waals surface area contributed by atoms with Crippen LogP contribution in [-0.4, -0.2) is 37.1 Å². The molecule has 30 heavy (non-hydrogen) atoms. The van der Waals surface area contributed by atoms with Crippen molar-refractivity contribution >= 4 is 47.1 Å². The largest absolute Gasteiger partial charge is 0.340 e. The minimum atomic E-state index is 0. The van der Waals surface area contributed by atoms with E-state index in [1.54, 1.807) is 6.20 Å². The van der Waals surface area contributed by atoms with Crippen molar-refractivity contribution in [2.75, 3.05) is 32.1 Å². The van der Waals surface area contributed by atoms with Gasteiger partial charge in [-0.3, -0.25) is 4.98 Å². The highest BCUT2D eigenvalue weighted by Gasteiger charge is 2.22. The first-order chi connectivity index (χ1) is 14.1. The van der Waals surface area contributed by atoms with E-state index in [4.69, 9.17) is 17.3 Å². The summed E-state index contributed by atoms with van der Waals surface area (Å²) in [6, 6.07) is 20.5. The highest BCUT2D eigenvalue weighted by atomic mass is 35.5. The number of rotatable bonds is 5. The molecule has 1 aliphatic heterocycles. The highest BCUT2D eigenvalue weighted by Crippen LogP contribution is 2.48. The Bertz CT molecular complexity index is 922. The Morgan fingerprint density at radius 2 is 1.73 bits per heavy atom. The van der Waals surface area contributed by atoms with Crippen molar-refractivity contribution in [2.24, 2.45) is 5.73 Å². The van der Waals surface area contributed by atoms with E-state index >= 15 is 0 Å². The summed E-state index contributed by atoms with van der Waals surface area (Å²) in [4.78, 5) is 11.2. The number of hydrogen-bond acceptors (Lipinski definition) is 5. The molecule has 160 valence electrons. The Morgan fingerprint density at radius 1 is 1.00 bits per heavy atom. The highest BCUT2D eigenvalue weighted by molar-refractivity contribution is 7.99. The third kappa shape index (κ3) is 6.62. The van der Waals surface area contributed by atoms with Gasteiger partial charge in [0.15, 0.2) is 0 Å². The molecule has 1 aromatic heterocycles. The molecular formula is C23H28Cl2N4S. The number of halogens is 2. The van der Waals surface area contributed by atoms with Gasteiger partial charge in [-0.2, -0.15) is 0 Å². The molecule has 0 spiro atoms. The first-order valence-electron chi connectivity index (χ1n) is 9.67. The molecule has 0 atom stereocenters. The van der Waals surface area contributed by atoms with E-state index in [0.29, 0.717) is 6.54 Å². The summed E-state index contributed by atoms with van der Waals surface area (Å²) in [5.41, 5.74) is 8.74. The molecule has 0 bridgehead atoms. The summed E-state index contributed by atoms with van der Waals surface area (Å²) in [6.45, 7) is 2.62. The number of aromatic nitrogens is 1. The molecule has 2 heterocycles. The van der Waals surface area contributed by atoms with Crippen molar-refractivity contribution < 1.29 is 0 Å². The van der Waals surface area contributed by atoms with Gasteiger partial charge in [-0.25, -0.2) is 0 Å². The monoisotopic (exact) mass is 462 g/mol. The fourth-order valence-electron chi connectivity index (χ4n) is 3.11. The molecule has 2 N–H and O–H groups in total. The molecular weight excluding hydrogens is 435 g/mol. The van der Waals surface area contributed by atoms with Crippen LogP contribution in [0.15, 0.2) is 76.7 Å². The minimum Gasteiger partial charge on any atom is -0.340 e. The van der Waals surface area contributed by atoms with Crippen LogP contribution in [0.25, 0.3) is 0 Å². The fraction of sp³-hybridized carbons (Fsp3) is 0.261. The Hall–Kier alpha value is -1.76. The smallest absolute Gasteiger partial charge is 0.0567 e. The molecule has 0 amide bonds. The SMILES string of the molecule is CN(C)CCCN1c2ccccc2Sc2ccc(Cl)cc21.Cl.NCc1ccccn1. The van der Waals surface area contributed by atoms with Crippen molar-refractivity contribution in [1.29, 1.82) is 0 Å². The molecule has 0 saturated carbocycles. The predicted octanol–water partition coefficient (Wildman–Crippen LogP) is 5.86. The second-order valence-corrected chi connectivity index (χ2v) is 8.54. The number of anilines is 2. The van der Waals surface area contributed by atoms with E-state index in [0.717, 1.165) is 30.2 Å². The summed E-state index contributed by atoms with van der Waals surface area (Å²) in [6.07, 6.45) is 2.86. The maximum absolute atomic E-state index is 6.21. The van der Waals surface area contributed by atoms with Crippen molar-refractivity contribution in [1.82, 2.24) is 9.88 Å². The lowest BCUT2D eigenvalue weighted by molar-refractivity contribution is 0.402. The van der Waals surface area contributed by atoms with Crippen LogP contribution in [0.3, 0.4) is 0 Å². The molecule has 0 fully saturated rings. The molecule has 7 heteroatoms. The molecule has 0 radical (unpaired) electrons. The summed E-state index contributed by atoms with van der Waals surface area (Å²) < 4.78 is 0. The predicted molar refractivity (Wildman–Crippen MR) is 132 cm³/mol. The maximum Gasteiger partial charge on any atom is 0.0567 e. The average Bonchev–Trinajstić information content (AvgIpc) is 2.74. The number of hydrogen-bond donors (Lipinski definition) is 1. The fourth-order valence-corrected chi connectivity index (χ4v) is 4.35. The van der Waals surface area contributed by atoms with Gasteiger partial charge in [0.25, 0.3) is 0 Å². The zero-order chi connectivity index (χ0) is 20.6. The van der Waals surface area contributed by atoms with E-state index in [1.807, 2.05) is 36.0 Å².